The average Bonchev–Trinajstić information content (AvgIpc) is 1.25. The van der Waals surface area contributed by atoms with Gasteiger partial charge in [0.25, 0.3) is 0 Å². The molecular weight excluding hydrogens is 1070 g/mol. The zero-order valence-corrected chi connectivity index (χ0v) is 30.3. The Morgan fingerprint density at radius 1 is 0.583 bits per heavy atom. The maximum atomic E-state index is 4.70. The molecule has 0 unspecified atom stereocenters. The van der Waals surface area contributed by atoms with E-state index in [4.69, 9.17) is 72.6 Å². The van der Waals surface area contributed by atoms with Crippen LogP contribution in [0.15, 0.2) is 0 Å². The second kappa shape index (κ2) is 13.8. The predicted molar refractivity (Wildman–Crippen MR) is 81.0 cm³/mol. The largest absolute Gasteiger partial charge is 1.00 e. The van der Waals surface area contributed by atoms with Gasteiger partial charge in [-0.25, -0.2) is 0 Å². The quantitative estimate of drug-likeness (QED) is 0.208. The summed E-state index contributed by atoms with van der Waals surface area (Å²) in [6.07, 6.45) is 0. The van der Waals surface area contributed by atoms with Crippen LogP contribution in [0.2, 0.25) is 0 Å². The molecule has 0 fully saturated rings. The first-order valence-electron chi connectivity index (χ1n) is 1.30. The van der Waals surface area contributed by atoms with Gasteiger partial charge in [-0.15, -0.1) is 23.6 Å². The van der Waals surface area contributed by atoms with E-state index < -0.39 is 8.26 Å². The Bertz CT molecular complexity index is 146. The molecule has 0 aliphatic heterocycles. The molecule has 12 heteroatoms. The summed E-state index contributed by atoms with van der Waals surface area (Å²) in [4.78, 5) is 0. The molecule has 0 atom stereocenters. The number of hydrogen-bond donors (Lipinski definition) is 0. The minimum Gasteiger partial charge on any atom is -0.768 e. The first-order valence-corrected chi connectivity index (χ1v) is 11.7. The SMILES string of the molecule is S=P([S-])([S-])P(=S)([S-])[S-].[Tl+].[Tl+].[Tl+].[Tl+]. The molecule has 0 bridgehead atoms. The van der Waals surface area contributed by atoms with E-state index in [0.29, 0.717) is 0 Å². The fraction of sp³-hybridized carbons (Fsp3) is 0. The number of hydrogen-bond acceptors (Lipinski definition) is 6. The molecule has 0 radical (unpaired) electrons. The Morgan fingerprint density at radius 3 is 0.667 bits per heavy atom. The molecule has 0 heterocycles. The summed E-state index contributed by atoms with van der Waals surface area (Å²) in [6, 6.07) is 0. The molecule has 12 heavy (non-hydrogen) atoms. The van der Waals surface area contributed by atoms with Gasteiger partial charge < -0.3 is 57.3 Å². The van der Waals surface area contributed by atoms with Crippen molar-refractivity contribution in [3.63, 3.8) is 0 Å². The van der Waals surface area contributed by atoms with Crippen molar-refractivity contribution in [3.05, 3.63) is 0 Å². The first-order chi connectivity index (χ1) is 3.25. The molecule has 0 aliphatic carbocycles. The molecule has 0 amide bonds. The molecule has 0 spiro atoms. The Balaban J connectivity index is -0.0000000408. The summed E-state index contributed by atoms with van der Waals surface area (Å²) in [5, 5.41) is 0. The van der Waals surface area contributed by atoms with Crippen LogP contribution in [0.3, 0.4) is 0 Å². The molecule has 0 saturated heterocycles. The van der Waals surface area contributed by atoms with E-state index in [1.807, 2.05) is 0 Å². The first kappa shape index (κ1) is 31.0. The molecule has 0 aromatic rings. The molecule has 0 aromatic carbocycles. The molecule has 0 aliphatic rings. The van der Waals surface area contributed by atoms with Crippen molar-refractivity contribution in [1.82, 2.24) is 0 Å². The van der Waals surface area contributed by atoms with Gasteiger partial charge in [-0.1, -0.05) is 0 Å². The Morgan fingerprint density at radius 2 is 0.667 bits per heavy atom. The zero-order valence-electron chi connectivity index (χ0n) is 5.65. The van der Waals surface area contributed by atoms with Crippen LogP contribution in [0.4, 0.5) is 0 Å². The van der Waals surface area contributed by atoms with Gasteiger partial charge in [-0.2, -0.15) is 0 Å². The van der Waals surface area contributed by atoms with Crippen molar-refractivity contribution >= 4 is 190 Å². The average molecular weight is 1070 g/mol. The predicted octanol–water partition coefficient (Wildman–Crippen LogP) is 0.185. The van der Waals surface area contributed by atoms with E-state index in [0.717, 1.165) is 0 Å². The second-order valence-corrected chi connectivity index (χ2v) is 25.3. The van der Waals surface area contributed by atoms with Crippen LogP contribution >= 0.6 is 8.26 Å². The van der Waals surface area contributed by atoms with Crippen LogP contribution in [0.25, 0.3) is 0 Å². The third-order valence-electron chi connectivity index (χ3n) is 0.300. The van der Waals surface area contributed by atoms with E-state index in [9.17, 15) is 0 Å². The minimum absolute atomic E-state index is 0. The Hall–Kier alpha value is 6.39. The Kier molecular flexibility index (Phi) is 35.7. The normalized spacial score (nSPS) is 9.33. The fourth-order valence-corrected chi connectivity index (χ4v) is 0. The summed E-state index contributed by atoms with van der Waals surface area (Å²) in [5.74, 6) is 0. The minimum atomic E-state index is -2.29. The van der Waals surface area contributed by atoms with Gasteiger partial charge in [0.05, 0.1) is 0 Å². The van der Waals surface area contributed by atoms with E-state index in [-0.39, 0.29) is 109 Å². The van der Waals surface area contributed by atoms with Gasteiger partial charge in [-0.3, -0.25) is 0 Å². The van der Waals surface area contributed by atoms with Gasteiger partial charge >= 0.3 is 109 Å². The van der Waals surface area contributed by atoms with Crippen LogP contribution in [0.5, 0.6) is 0 Å². The van der Waals surface area contributed by atoms with Crippen LogP contribution in [-0.2, 0) is 72.6 Å². The van der Waals surface area contributed by atoms with Gasteiger partial charge in [0.1, 0.15) is 0 Å². The van der Waals surface area contributed by atoms with E-state index in [1.54, 1.807) is 0 Å². The molecule has 0 nitrogen and oxygen atoms in total. The number of rotatable bonds is 1. The summed E-state index contributed by atoms with van der Waals surface area (Å²) in [5.41, 5.74) is 0. The standard InChI is InChI=1S/H4P2S6.4Tl/c3-1(4,5)2(6,7)8;;;;/h(H2,3,4,5)(H2,6,7,8);;;;/q;4*+1/p-4. The van der Waals surface area contributed by atoms with Crippen molar-refractivity contribution < 1.29 is 0 Å². The zero-order chi connectivity index (χ0) is 7.00. The van der Waals surface area contributed by atoms with Crippen LogP contribution in [-0.4, -0.2) is 109 Å². The maximum absolute atomic E-state index is 4.70. The smallest absolute Gasteiger partial charge is 0.768 e. The van der Waals surface area contributed by atoms with Crippen LogP contribution in [0.1, 0.15) is 0 Å². The topological polar surface area (TPSA) is 0 Å². The summed E-state index contributed by atoms with van der Waals surface area (Å²) >= 11 is 28.2. The van der Waals surface area contributed by atoms with Gasteiger partial charge in [0.15, 0.2) is 0 Å². The van der Waals surface area contributed by atoms with Crippen LogP contribution < -0.4 is 0 Å². The molecule has 0 aromatic heterocycles. The van der Waals surface area contributed by atoms with E-state index >= 15 is 0 Å². The van der Waals surface area contributed by atoms with Crippen LogP contribution in [0, 0.1) is 0 Å². The molecular formula is P2S6Tl4. The molecule has 0 rings (SSSR count). The second-order valence-electron chi connectivity index (χ2n) is 0.937. The fourth-order valence-electron chi connectivity index (χ4n) is 0. The monoisotopic (exact) mass is 1070 g/mol. The van der Waals surface area contributed by atoms with Crippen molar-refractivity contribution in [2.75, 3.05) is 0 Å². The summed E-state index contributed by atoms with van der Waals surface area (Å²) < 4.78 is -4.59. The Labute approximate surface area is 185 Å². The van der Waals surface area contributed by atoms with Crippen molar-refractivity contribution in [2.45, 2.75) is 0 Å². The maximum Gasteiger partial charge on any atom is 1.00 e. The molecule has 0 N–H and O–H groups in total. The molecule has 58 valence electrons. The van der Waals surface area contributed by atoms with Crippen molar-refractivity contribution in [1.29, 1.82) is 0 Å². The van der Waals surface area contributed by atoms with Crippen molar-refractivity contribution in [3.8, 4) is 0 Å². The summed E-state index contributed by atoms with van der Waals surface area (Å²) in [6.45, 7) is 0. The summed E-state index contributed by atoms with van der Waals surface area (Å²) in [7, 11) is 0. The van der Waals surface area contributed by atoms with Crippen molar-refractivity contribution in [2.24, 2.45) is 0 Å². The third-order valence-corrected chi connectivity index (χ3v) is 24.3. The van der Waals surface area contributed by atoms with Gasteiger partial charge in [0.2, 0.25) is 0 Å². The molecule has 0 saturated carbocycles. The van der Waals surface area contributed by atoms with Gasteiger partial charge in [-0.05, 0) is 0 Å². The van der Waals surface area contributed by atoms with E-state index in [2.05, 4.69) is 0 Å². The van der Waals surface area contributed by atoms with Gasteiger partial charge in [0, 0.05) is 0 Å². The van der Waals surface area contributed by atoms with E-state index in [1.165, 1.54) is 0 Å². The third kappa shape index (κ3) is 16.4.